The maximum atomic E-state index is 12.7. The topological polar surface area (TPSA) is 44.8 Å². The van der Waals surface area contributed by atoms with Crippen LogP contribution in [0.15, 0.2) is 0 Å². The summed E-state index contributed by atoms with van der Waals surface area (Å²) in [5.74, 6) is 0.819. The lowest BCUT2D eigenvalue weighted by Crippen LogP contribution is -2.44. The summed E-state index contributed by atoms with van der Waals surface area (Å²) in [6, 6.07) is 0. The van der Waals surface area contributed by atoms with Crippen molar-refractivity contribution in [3.63, 3.8) is 0 Å². The van der Waals surface area contributed by atoms with Gasteiger partial charge in [0.05, 0.1) is 18.3 Å². The Morgan fingerprint density at radius 1 is 1.43 bits per heavy atom. The second-order valence-corrected chi connectivity index (χ2v) is 6.77. The van der Waals surface area contributed by atoms with Gasteiger partial charge in [-0.3, -0.25) is 10.1 Å². The minimum absolute atomic E-state index is 0.165. The average molecular weight is 299 g/mol. The van der Waals surface area contributed by atoms with Gasteiger partial charge in [-0.2, -0.15) is 0 Å². The molecule has 2 unspecified atom stereocenters. The van der Waals surface area contributed by atoms with Crippen molar-refractivity contribution in [1.82, 2.24) is 15.1 Å². The van der Waals surface area contributed by atoms with Crippen LogP contribution < -0.4 is 5.32 Å². The molecule has 1 N–H and O–H groups in total. The van der Waals surface area contributed by atoms with Gasteiger partial charge in [0.1, 0.15) is 0 Å². The molecule has 124 valence electrons. The van der Waals surface area contributed by atoms with E-state index < -0.39 is 5.54 Å². The molecule has 1 fully saturated rings. The van der Waals surface area contributed by atoms with Gasteiger partial charge in [0.2, 0.25) is 5.91 Å². The van der Waals surface area contributed by atoms with Crippen molar-refractivity contribution in [2.75, 3.05) is 40.4 Å². The smallest absolute Gasteiger partial charge is 0.243 e. The van der Waals surface area contributed by atoms with Gasteiger partial charge in [0, 0.05) is 26.7 Å². The van der Waals surface area contributed by atoms with Crippen molar-refractivity contribution in [3.8, 4) is 0 Å². The van der Waals surface area contributed by atoms with Crippen molar-refractivity contribution in [3.05, 3.63) is 0 Å². The molecule has 5 nitrogen and oxygen atoms in total. The number of carbonyl (C=O) groups excluding carboxylic acids is 1. The van der Waals surface area contributed by atoms with E-state index in [4.69, 9.17) is 4.74 Å². The van der Waals surface area contributed by atoms with E-state index in [9.17, 15) is 4.79 Å². The van der Waals surface area contributed by atoms with Gasteiger partial charge in [0.25, 0.3) is 0 Å². The molecule has 0 bridgehead atoms. The average Bonchev–Trinajstić information content (AvgIpc) is 2.66. The number of hydrogen-bond acceptors (Lipinski definition) is 4. The predicted molar refractivity (Wildman–Crippen MR) is 86.2 cm³/mol. The van der Waals surface area contributed by atoms with E-state index in [1.54, 1.807) is 7.11 Å². The monoisotopic (exact) mass is 299 g/mol. The van der Waals surface area contributed by atoms with Crippen LogP contribution in [0.25, 0.3) is 0 Å². The Morgan fingerprint density at radius 3 is 2.62 bits per heavy atom. The number of carbonyl (C=O) groups is 1. The fourth-order valence-corrected chi connectivity index (χ4v) is 2.75. The molecule has 1 amide bonds. The number of nitrogens with one attached hydrogen (secondary N) is 1. The maximum Gasteiger partial charge on any atom is 0.243 e. The van der Waals surface area contributed by atoms with Gasteiger partial charge >= 0.3 is 0 Å². The van der Waals surface area contributed by atoms with Gasteiger partial charge in [-0.1, -0.05) is 20.8 Å². The first-order chi connectivity index (χ1) is 9.84. The number of amides is 1. The lowest BCUT2D eigenvalue weighted by Gasteiger charge is -2.27. The quantitative estimate of drug-likeness (QED) is 0.701. The zero-order chi connectivity index (χ0) is 16.0. The highest BCUT2D eigenvalue weighted by Crippen LogP contribution is 2.26. The minimum Gasteiger partial charge on any atom is -0.383 e. The van der Waals surface area contributed by atoms with Crippen LogP contribution in [0, 0.1) is 5.92 Å². The van der Waals surface area contributed by atoms with Crippen LogP contribution in [0.5, 0.6) is 0 Å². The molecule has 1 aliphatic rings. The summed E-state index contributed by atoms with van der Waals surface area (Å²) in [5.41, 5.74) is -0.398. The third kappa shape index (κ3) is 4.94. The van der Waals surface area contributed by atoms with Crippen LogP contribution in [-0.4, -0.2) is 67.8 Å². The molecular weight excluding hydrogens is 266 g/mol. The molecule has 1 rings (SSSR count). The molecule has 1 heterocycles. The number of ether oxygens (including phenoxy) is 1. The third-order valence-corrected chi connectivity index (χ3v) is 4.40. The zero-order valence-electron chi connectivity index (χ0n) is 14.6. The second kappa shape index (κ2) is 8.11. The molecule has 5 heteroatoms. The largest absolute Gasteiger partial charge is 0.383 e. The first-order valence-corrected chi connectivity index (χ1v) is 8.10. The Bertz CT molecular complexity index is 335. The van der Waals surface area contributed by atoms with E-state index in [1.807, 2.05) is 11.8 Å². The highest BCUT2D eigenvalue weighted by molar-refractivity contribution is 5.88. The van der Waals surface area contributed by atoms with Gasteiger partial charge in [0.15, 0.2) is 0 Å². The summed E-state index contributed by atoms with van der Waals surface area (Å²) in [6.07, 6.45) is 2.00. The van der Waals surface area contributed by atoms with E-state index in [0.29, 0.717) is 5.92 Å². The first kappa shape index (κ1) is 18.4. The SMILES string of the molecule is CCC1(C)NC(CC(C)C)N(CCN(C)CCOC)C1=O. The van der Waals surface area contributed by atoms with Crippen molar-refractivity contribution in [1.29, 1.82) is 0 Å². The molecular formula is C16H33N3O2. The molecule has 0 aliphatic carbocycles. The summed E-state index contributed by atoms with van der Waals surface area (Å²) >= 11 is 0. The summed E-state index contributed by atoms with van der Waals surface area (Å²) in [6.45, 7) is 11.8. The van der Waals surface area contributed by atoms with E-state index in [0.717, 1.165) is 39.1 Å². The van der Waals surface area contributed by atoms with Crippen molar-refractivity contribution in [2.24, 2.45) is 5.92 Å². The van der Waals surface area contributed by atoms with Gasteiger partial charge in [-0.05, 0) is 32.7 Å². The Balaban J connectivity index is 2.64. The van der Waals surface area contributed by atoms with Gasteiger partial charge < -0.3 is 14.5 Å². The fraction of sp³-hybridized carbons (Fsp3) is 0.938. The summed E-state index contributed by atoms with van der Waals surface area (Å²) in [4.78, 5) is 16.9. The van der Waals surface area contributed by atoms with Gasteiger partial charge in [-0.25, -0.2) is 0 Å². The Hall–Kier alpha value is -0.650. The molecule has 0 radical (unpaired) electrons. The number of methoxy groups -OCH3 is 1. The number of likely N-dealkylation sites (N-methyl/N-ethyl adjacent to an activating group) is 1. The van der Waals surface area contributed by atoms with Crippen LogP contribution in [0.1, 0.15) is 40.5 Å². The Morgan fingerprint density at radius 2 is 2.10 bits per heavy atom. The Kier molecular flexibility index (Phi) is 7.10. The van der Waals surface area contributed by atoms with E-state index >= 15 is 0 Å². The molecule has 0 spiro atoms. The Labute approximate surface area is 130 Å². The normalized spacial score (nSPS) is 26.4. The molecule has 1 saturated heterocycles. The summed E-state index contributed by atoms with van der Waals surface area (Å²) in [5, 5.41) is 3.55. The molecule has 0 aromatic rings. The van der Waals surface area contributed by atoms with Crippen molar-refractivity contribution < 1.29 is 9.53 Å². The molecule has 21 heavy (non-hydrogen) atoms. The summed E-state index contributed by atoms with van der Waals surface area (Å²) in [7, 11) is 3.79. The van der Waals surface area contributed by atoms with E-state index in [2.05, 4.69) is 38.0 Å². The number of hydrogen-bond donors (Lipinski definition) is 1. The first-order valence-electron chi connectivity index (χ1n) is 8.10. The number of rotatable bonds is 9. The predicted octanol–water partition coefficient (Wildman–Crippen LogP) is 1.54. The van der Waals surface area contributed by atoms with E-state index in [-0.39, 0.29) is 12.1 Å². The van der Waals surface area contributed by atoms with Crippen LogP contribution in [0.3, 0.4) is 0 Å². The van der Waals surface area contributed by atoms with Crippen LogP contribution in [0.2, 0.25) is 0 Å². The van der Waals surface area contributed by atoms with Crippen LogP contribution in [-0.2, 0) is 9.53 Å². The highest BCUT2D eigenvalue weighted by Gasteiger charge is 2.46. The minimum atomic E-state index is -0.398. The highest BCUT2D eigenvalue weighted by atomic mass is 16.5. The molecule has 1 aliphatic heterocycles. The zero-order valence-corrected chi connectivity index (χ0v) is 14.6. The lowest BCUT2D eigenvalue weighted by molar-refractivity contribution is -0.133. The molecule has 0 aromatic carbocycles. The third-order valence-electron chi connectivity index (χ3n) is 4.40. The van der Waals surface area contributed by atoms with Crippen molar-refractivity contribution in [2.45, 2.75) is 52.2 Å². The second-order valence-electron chi connectivity index (χ2n) is 6.77. The fourth-order valence-electron chi connectivity index (χ4n) is 2.75. The standard InChI is InChI=1S/C16H33N3O2/c1-7-16(4)15(20)19(14(17-16)12-13(2)3)9-8-18(5)10-11-21-6/h13-14,17H,7-12H2,1-6H3. The summed E-state index contributed by atoms with van der Waals surface area (Å²) < 4.78 is 5.10. The van der Waals surface area contributed by atoms with Gasteiger partial charge in [-0.15, -0.1) is 0 Å². The van der Waals surface area contributed by atoms with Crippen LogP contribution in [0.4, 0.5) is 0 Å². The van der Waals surface area contributed by atoms with E-state index in [1.165, 1.54) is 0 Å². The van der Waals surface area contributed by atoms with Crippen LogP contribution >= 0.6 is 0 Å². The van der Waals surface area contributed by atoms with Crippen molar-refractivity contribution >= 4 is 5.91 Å². The molecule has 2 atom stereocenters. The molecule has 0 aromatic heterocycles. The lowest BCUT2D eigenvalue weighted by atomic mass is 9.99. The number of nitrogens with zero attached hydrogens (tertiary/aromatic N) is 2. The molecule has 0 saturated carbocycles. The maximum absolute atomic E-state index is 12.7.